The van der Waals surface area contributed by atoms with Gasteiger partial charge in [-0.25, -0.2) is 13.8 Å². The number of amides is 2. The minimum absolute atomic E-state index is 0.186. The summed E-state index contributed by atoms with van der Waals surface area (Å²) in [6.45, 7) is 6.44. The van der Waals surface area contributed by atoms with Gasteiger partial charge in [-0.2, -0.15) is 0 Å². The summed E-state index contributed by atoms with van der Waals surface area (Å²) in [5.74, 6) is -3.41. The maximum Gasteiger partial charge on any atom is 0.278 e. The normalized spacial score (nSPS) is 15.1. The van der Waals surface area contributed by atoms with Crippen LogP contribution in [-0.4, -0.2) is 49.9 Å². The highest BCUT2D eigenvalue weighted by atomic mass is 19.3. The van der Waals surface area contributed by atoms with Crippen LogP contribution in [0.15, 0.2) is 18.3 Å². The highest BCUT2D eigenvalue weighted by Gasteiger charge is 2.35. The molecule has 1 aliphatic rings. The fraction of sp³-hybridized carbons (Fsp3) is 0.476. The van der Waals surface area contributed by atoms with Gasteiger partial charge in [-0.1, -0.05) is 0 Å². The lowest BCUT2D eigenvalue weighted by molar-refractivity contribution is -0.130. The predicted molar refractivity (Wildman–Crippen MR) is 109 cm³/mol. The van der Waals surface area contributed by atoms with Crippen LogP contribution in [0.3, 0.4) is 0 Å². The molecule has 0 fully saturated rings. The number of aromatic amines is 1. The van der Waals surface area contributed by atoms with Gasteiger partial charge in [-0.05, 0) is 39.8 Å². The summed E-state index contributed by atoms with van der Waals surface area (Å²) in [5.41, 5.74) is 0.617. The molecule has 3 rings (SSSR count). The van der Waals surface area contributed by atoms with E-state index in [1.165, 1.54) is 20.0 Å². The molecule has 1 atom stereocenters. The SMILES string of the molecule is Cc1cc(C(C)N2Cc3c(ccnc3NC(=O)C(C)(C)O)C2=O)[nH]c1OCC(C)(F)F. The zero-order valence-electron chi connectivity index (χ0n) is 18.0. The maximum absolute atomic E-state index is 13.1. The molecule has 3 heterocycles. The van der Waals surface area contributed by atoms with Crippen molar-refractivity contribution in [3.8, 4) is 5.88 Å². The first-order valence-corrected chi connectivity index (χ1v) is 9.80. The number of carbonyl (C=O) groups is 2. The molecule has 10 heteroatoms. The standard InChI is InChI=1S/C21H26F2N4O4/c1-11-8-15(25-17(11)31-10-21(5,22)23)12(2)27-9-14-13(18(27)28)6-7-24-16(14)26-19(29)20(3,4)30/h6-8,12,25,30H,9-10H2,1-5H3,(H,24,26,29). The van der Waals surface area contributed by atoms with Gasteiger partial charge in [-0.3, -0.25) is 9.59 Å². The van der Waals surface area contributed by atoms with Crippen LogP contribution >= 0.6 is 0 Å². The highest BCUT2D eigenvalue weighted by Crippen LogP contribution is 2.35. The van der Waals surface area contributed by atoms with Gasteiger partial charge in [0.05, 0.1) is 12.6 Å². The van der Waals surface area contributed by atoms with Crippen LogP contribution in [0.2, 0.25) is 0 Å². The molecule has 3 N–H and O–H groups in total. The monoisotopic (exact) mass is 436 g/mol. The van der Waals surface area contributed by atoms with Gasteiger partial charge < -0.3 is 25.0 Å². The van der Waals surface area contributed by atoms with E-state index in [1.54, 1.807) is 30.9 Å². The molecular formula is C21H26F2N4O4. The van der Waals surface area contributed by atoms with Crippen molar-refractivity contribution >= 4 is 17.6 Å². The van der Waals surface area contributed by atoms with E-state index in [-0.39, 0.29) is 24.1 Å². The molecule has 0 aromatic carbocycles. The summed E-state index contributed by atoms with van der Waals surface area (Å²) in [7, 11) is 0. The van der Waals surface area contributed by atoms with E-state index in [0.29, 0.717) is 22.4 Å². The van der Waals surface area contributed by atoms with Crippen molar-refractivity contribution in [1.82, 2.24) is 14.9 Å². The van der Waals surface area contributed by atoms with Crippen molar-refractivity contribution < 1.29 is 28.2 Å². The van der Waals surface area contributed by atoms with Gasteiger partial charge in [0.2, 0.25) is 0 Å². The van der Waals surface area contributed by atoms with Gasteiger partial charge in [0.1, 0.15) is 11.4 Å². The fourth-order valence-corrected chi connectivity index (χ4v) is 3.24. The molecule has 2 amide bonds. The first kappa shape index (κ1) is 22.7. The van der Waals surface area contributed by atoms with E-state index < -0.39 is 30.1 Å². The number of fused-ring (bicyclic) bond motifs is 1. The number of rotatable bonds is 7. The minimum Gasteiger partial charge on any atom is -0.472 e. The Bertz CT molecular complexity index is 1010. The number of hydrogen-bond donors (Lipinski definition) is 3. The molecule has 8 nitrogen and oxygen atoms in total. The molecule has 1 aliphatic heterocycles. The molecule has 2 aromatic rings. The summed E-state index contributed by atoms with van der Waals surface area (Å²) >= 11 is 0. The summed E-state index contributed by atoms with van der Waals surface area (Å²) in [4.78, 5) is 33.8. The zero-order chi connectivity index (χ0) is 23.1. The maximum atomic E-state index is 13.1. The molecule has 168 valence electrons. The Morgan fingerprint density at radius 1 is 1.42 bits per heavy atom. The first-order chi connectivity index (χ1) is 14.3. The number of aromatic nitrogens is 2. The number of ether oxygens (including phenoxy) is 1. The second kappa shape index (κ2) is 7.92. The second-order valence-corrected chi connectivity index (χ2v) is 8.40. The third-order valence-electron chi connectivity index (χ3n) is 5.04. The van der Waals surface area contributed by atoms with E-state index in [9.17, 15) is 23.5 Å². The van der Waals surface area contributed by atoms with E-state index in [2.05, 4.69) is 15.3 Å². The molecule has 0 aliphatic carbocycles. The molecule has 0 saturated heterocycles. The van der Waals surface area contributed by atoms with Crippen LogP contribution in [0, 0.1) is 6.92 Å². The molecule has 0 bridgehead atoms. The van der Waals surface area contributed by atoms with Crippen molar-refractivity contribution in [2.24, 2.45) is 0 Å². The van der Waals surface area contributed by atoms with Crippen molar-refractivity contribution in [2.75, 3.05) is 11.9 Å². The smallest absolute Gasteiger partial charge is 0.278 e. The number of carbonyl (C=O) groups excluding carboxylic acids is 2. The van der Waals surface area contributed by atoms with E-state index in [0.717, 1.165) is 6.92 Å². The summed E-state index contributed by atoms with van der Waals surface area (Å²) in [6, 6.07) is 2.90. The summed E-state index contributed by atoms with van der Waals surface area (Å²) in [5, 5.41) is 12.4. The number of nitrogens with zero attached hydrogens (tertiary/aromatic N) is 2. The van der Waals surface area contributed by atoms with Crippen LogP contribution in [0.1, 0.15) is 60.9 Å². The van der Waals surface area contributed by atoms with Crippen molar-refractivity contribution in [3.63, 3.8) is 0 Å². The zero-order valence-corrected chi connectivity index (χ0v) is 18.0. The van der Waals surface area contributed by atoms with Gasteiger partial charge in [0.25, 0.3) is 17.7 Å². The Morgan fingerprint density at radius 3 is 2.71 bits per heavy atom. The topological polar surface area (TPSA) is 108 Å². The molecular weight excluding hydrogens is 410 g/mol. The third-order valence-corrected chi connectivity index (χ3v) is 5.04. The second-order valence-electron chi connectivity index (χ2n) is 8.40. The van der Waals surface area contributed by atoms with Crippen molar-refractivity contribution in [2.45, 2.75) is 58.7 Å². The highest BCUT2D eigenvalue weighted by molar-refractivity contribution is 6.02. The van der Waals surface area contributed by atoms with E-state index in [1.807, 2.05) is 0 Å². The average Bonchev–Trinajstić information content (AvgIpc) is 3.19. The molecule has 1 unspecified atom stereocenters. The van der Waals surface area contributed by atoms with Crippen LogP contribution in [0.25, 0.3) is 0 Å². The number of nitrogens with one attached hydrogen (secondary N) is 2. The quantitative estimate of drug-likeness (QED) is 0.618. The largest absolute Gasteiger partial charge is 0.472 e. The third kappa shape index (κ3) is 4.84. The van der Waals surface area contributed by atoms with Crippen LogP contribution in [0.5, 0.6) is 5.88 Å². The van der Waals surface area contributed by atoms with Gasteiger partial charge in [0, 0.05) is 35.5 Å². The Labute approximate surface area is 178 Å². The van der Waals surface area contributed by atoms with Gasteiger partial charge in [-0.15, -0.1) is 0 Å². The molecule has 2 aromatic heterocycles. The van der Waals surface area contributed by atoms with Gasteiger partial charge in [0.15, 0.2) is 12.5 Å². The van der Waals surface area contributed by atoms with Crippen LogP contribution in [-0.2, 0) is 11.3 Å². The molecule has 0 spiro atoms. The Balaban J connectivity index is 1.81. The molecule has 0 saturated carbocycles. The summed E-state index contributed by atoms with van der Waals surface area (Å²) in [6.07, 6.45) is 1.42. The minimum atomic E-state index is -2.97. The number of aliphatic hydroxyl groups is 1. The number of halogens is 2. The van der Waals surface area contributed by atoms with E-state index in [4.69, 9.17) is 4.74 Å². The predicted octanol–water partition coefficient (Wildman–Crippen LogP) is 3.18. The number of aryl methyl sites for hydroxylation is 1. The number of anilines is 1. The molecule has 31 heavy (non-hydrogen) atoms. The number of hydrogen-bond acceptors (Lipinski definition) is 5. The molecule has 0 radical (unpaired) electrons. The summed E-state index contributed by atoms with van der Waals surface area (Å²) < 4.78 is 31.4. The number of alkyl halides is 2. The number of H-pyrrole nitrogens is 1. The fourth-order valence-electron chi connectivity index (χ4n) is 3.24. The first-order valence-electron chi connectivity index (χ1n) is 9.80. The van der Waals surface area contributed by atoms with Crippen LogP contribution in [0.4, 0.5) is 14.6 Å². The lowest BCUT2D eigenvalue weighted by Gasteiger charge is -2.23. The number of pyridine rings is 1. The van der Waals surface area contributed by atoms with Crippen LogP contribution < -0.4 is 10.1 Å². The Hall–Kier alpha value is -3.01. The van der Waals surface area contributed by atoms with Crippen molar-refractivity contribution in [1.29, 1.82) is 0 Å². The van der Waals surface area contributed by atoms with Gasteiger partial charge >= 0.3 is 0 Å². The average molecular weight is 436 g/mol. The Morgan fingerprint density at radius 2 is 2.10 bits per heavy atom. The Kier molecular flexibility index (Phi) is 5.79. The lowest BCUT2D eigenvalue weighted by Crippen LogP contribution is -2.37. The lowest BCUT2D eigenvalue weighted by atomic mass is 10.1. The van der Waals surface area contributed by atoms with Crippen molar-refractivity contribution in [3.05, 3.63) is 40.7 Å². The van der Waals surface area contributed by atoms with E-state index >= 15 is 0 Å².